The van der Waals surface area contributed by atoms with Crippen LogP contribution in [0.25, 0.3) is 0 Å². The predicted molar refractivity (Wildman–Crippen MR) is 63.6 cm³/mol. The molecule has 0 spiro atoms. The maximum absolute atomic E-state index is 12.2. The summed E-state index contributed by atoms with van der Waals surface area (Å²) in [5.41, 5.74) is -0.369. The molecule has 0 radical (unpaired) electrons. The van der Waals surface area contributed by atoms with Crippen LogP contribution in [0.15, 0.2) is 0 Å². The van der Waals surface area contributed by atoms with E-state index in [1.54, 1.807) is 0 Å². The SMILES string of the molecule is COC(=O)C12CC3CC(C)(CCC(C1)C(=O)O3)C2. The van der Waals surface area contributed by atoms with E-state index in [9.17, 15) is 9.59 Å². The molecule has 3 rings (SSSR count). The second kappa shape index (κ2) is 3.72. The first-order valence-electron chi connectivity index (χ1n) is 6.75. The molecule has 100 valence electrons. The summed E-state index contributed by atoms with van der Waals surface area (Å²) >= 11 is 0. The van der Waals surface area contributed by atoms with E-state index in [4.69, 9.17) is 9.47 Å². The van der Waals surface area contributed by atoms with Crippen LogP contribution in [0, 0.1) is 16.7 Å². The molecular formula is C14H20O4. The summed E-state index contributed by atoms with van der Waals surface area (Å²) in [5, 5.41) is 0. The van der Waals surface area contributed by atoms with E-state index in [0.717, 1.165) is 25.7 Å². The van der Waals surface area contributed by atoms with Gasteiger partial charge in [-0.1, -0.05) is 6.92 Å². The van der Waals surface area contributed by atoms with Crippen molar-refractivity contribution < 1.29 is 19.1 Å². The minimum atomic E-state index is -0.486. The van der Waals surface area contributed by atoms with Crippen LogP contribution in [-0.4, -0.2) is 25.2 Å². The van der Waals surface area contributed by atoms with Crippen LogP contribution in [0.2, 0.25) is 0 Å². The van der Waals surface area contributed by atoms with Gasteiger partial charge in [0, 0.05) is 6.42 Å². The number of fused-ring (bicyclic) bond motifs is 3. The molecule has 4 heteroatoms. The number of esters is 2. The molecule has 4 atom stereocenters. The summed E-state index contributed by atoms with van der Waals surface area (Å²) in [7, 11) is 1.44. The van der Waals surface area contributed by atoms with Crippen molar-refractivity contribution in [1.82, 2.24) is 0 Å². The molecule has 2 saturated carbocycles. The van der Waals surface area contributed by atoms with Crippen molar-refractivity contribution in [2.24, 2.45) is 16.7 Å². The van der Waals surface area contributed by atoms with Crippen molar-refractivity contribution >= 4 is 11.9 Å². The Labute approximate surface area is 107 Å². The highest BCUT2D eigenvalue weighted by Gasteiger charge is 2.57. The Kier molecular flexibility index (Phi) is 2.48. The molecule has 3 aliphatic rings. The normalized spacial score (nSPS) is 46.2. The fourth-order valence-electron chi connectivity index (χ4n) is 4.46. The maximum atomic E-state index is 12.2. The number of hydrogen-bond acceptors (Lipinski definition) is 4. The van der Waals surface area contributed by atoms with Gasteiger partial charge in [-0.05, 0) is 37.5 Å². The van der Waals surface area contributed by atoms with Crippen LogP contribution in [0.1, 0.15) is 45.4 Å². The first kappa shape index (κ1) is 12.0. The molecule has 1 aliphatic heterocycles. The molecule has 4 unspecified atom stereocenters. The fourth-order valence-corrected chi connectivity index (χ4v) is 4.46. The van der Waals surface area contributed by atoms with Crippen molar-refractivity contribution in [3.63, 3.8) is 0 Å². The van der Waals surface area contributed by atoms with Gasteiger partial charge in [0.15, 0.2) is 0 Å². The molecule has 1 heterocycles. The van der Waals surface area contributed by atoms with E-state index < -0.39 is 5.41 Å². The molecule has 1 saturated heterocycles. The average molecular weight is 252 g/mol. The van der Waals surface area contributed by atoms with Crippen molar-refractivity contribution in [3.8, 4) is 0 Å². The van der Waals surface area contributed by atoms with Crippen LogP contribution in [0.4, 0.5) is 0 Å². The van der Waals surface area contributed by atoms with Gasteiger partial charge in [-0.25, -0.2) is 0 Å². The predicted octanol–water partition coefficient (Wildman–Crippen LogP) is 2.06. The van der Waals surface area contributed by atoms with Gasteiger partial charge in [-0.2, -0.15) is 0 Å². The van der Waals surface area contributed by atoms with Crippen molar-refractivity contribution in [1.29, 1.82) is 0 Å². The highest BCUT2D eigenvalue weighted by molar-refractivity contribution is 5.80. The topological polar surface area (TPSA) is 52.6 Å². The molecular weight excluding hydrogens is 232 g/mol. The highest BCUT2D eigenvalue weighted by Crippen LogP contribution is 2.58. The Bertz CT molecular complexity index is 405. The number of carbonyl (C=O) groups excluding carboxylic acids is 2. The smallest absolute Gasteiger partial charge is 0.311 e. The molecule has 2 aliphatic carbocycles. The van der Waals surface area contributed by atoms with E-state index in [-0.39, 0.29) is 29.4 Å². The molecule has 0 N–H and O–H groups in total. The van der Waals surface area contributed by atoms with Gasteiger partial charge in [-0.15, -0.1) is 0 Å². The van der Waals surface area contributed by atoms with Gasteiger partial charge in [-0.3, -0.25) is 9.59 Å². The van der Waals surface area contributed by atoms with Crippen LogP contribution < -0.4 is 0 Å². The summed E-state index contributed by atoms with van der Waals surface area (Å²) < 4.78 is 10.6. The Hall–Kier alpha value is -1.06. The lowest BCUT2D eigenvalue weighted by Crippen LogP contribution is -2.45. The zero-order valence-corrected chi connectivity index (χ0v) is 11.0. The lowest BCUT2D eigenvalue weighted by molar-refractivity contribution is -0.166. The lowest BCUT2D eigenvalue weighted by atomic mass is 9.61. The van der Waals surface area contributed by atoms with Gasteiger partial charge in [0.05, 0.1) is 18.4 Å². The monoisotopic (exact) mass is 252 g/mol. The second-order valence-electron chi connectivity index (χ2n) is 6.67. The molecule has 0 aromatic carbocycles. The summed E-state index contributed by atoms with van der Waals surface area (Å²) in [6.07, 6.45) is 4.77. The Morgan fingerprint density at radius 3 is 2.89 bits per heavy atom. The number of methoxy groups -OCH3 is 1. The third kappa shape index (κ3) is 1.65. The summed E-state index contributed by atoms with van der Waals surface area (Å²) in [4.78, 5) is 24.2. The Balaban J connectivity index is 2.05. The Morgan fingerprint density at radius 1 is 1.39 bits per heavy atom. The molecule has 4 nitrogen and oxygen atoms in total. The highest BCUT2D eigenvalue weighted by atomic mass is 16.5. The molecule has 0 amide bonds. The van der Waals surface area contributed by atoms with Gasteiger partial charge in [0.2, 0.25) is 0 Å². The van der Waals surface area contributed by atoms with Gasteiger partial charge >= 0.3 is 11.9 Å². The van der Waals surface area contributed by atoms with Crippen LogP contribution in [0.3, 0.4) is 0 Å². The first-order valence-corrected chi connectivity index (χ1v) is 6.75. The number of hydrogen-bond donors (Lipinski definition) is 0. The average Bonchev–Trinajstić information content (AvgIpc) is 2.48. The maximum Gasteiger partial charge on any atom is 0.311 e. The summed E-state index contributed by atoms with van der Waals surface area (Å²) in [6, 6.07) is 0. The minimum absolute atomic E-state index is 0.0966. The standard InChI is InChI=1S/C14H20O4/c1-13-4-3-9-5-14(8-13,12(16)17-2)7-10(6-13)18-11(9)15/h9-10H,3-8H2,1-2H3. The zero-order valence-electron chi connectivity index (χ0n) is 11.0. The van der Waals surface area contributed by atoms with Gasteiger partial charge in [0.1, 0.15) is 6.10 Å². The molecule has 0 aromatic rings. The number of carbonyl (C=O) groups is 2. The molecule has 18 heavy (non-hydrogen) atoms. The molecule has 4 bridgehead atoms. The van der Waals surface area contributed by atoms with Crippen molar-refractivity contribution in [2.45, 2.75) is 51.6 Å². The lowest BCUT2D eigenvalue weighted by Gasteiger charge is -2.45. The van der Waals surface area contributed by atoms with Crippen LogP contribution in [-0.2, 0) is 19.1 Å². The van der Waals surface area contributed by atoms with E-state index in [1.165, 1.54) is 7.11 Å². The van der Waals surface area contributed by atoms with Crippen LogP contribution >= 0.6 is 0 Å². The number of ether oxygens (including phenoxy) is 2. The third-order valence-corrected chi connectivity index (χ3v) is 5.07. The largest absolute Gasteiger partial charge is 0.469 e. The van der Waals surface area contributed by atoms with Gasteiger partial charge in [0.25, 0.3) is 0 Å². The van der Waals surface area contributed by atoms with E-state index >= 15 is 0 Å². The van der Waals surface area contributed by atoms with Gasteiger partial charge < -0.3 is 9.47 Å². The Morgan fingerprint density at radius 2 is 2.17 bits per heavy atom. The van der Waals surface area contributed by atoms with E-state index in [2.05, 4.69) is 6.92 Å². The van der Waals surface area contributed by atoms with Crippen molar-refractivity contribution in [2.75, 3.05) is 7.11 Å². The number of rotatable bonds is 1. The zero-order chi connectivity index (χ0) is 13.0. The van der Waals surface area contributed by atoms with E-state index in [0.29, 0.717) is 12.8 Å². The quantitative estimate of drug-likeness (QED) is 0.670. The van der Waals surface area contributed by atoms with E-state index in [1.807, 2.05) is 0 Å². The summed E-state index contributed by atoms with van der Waals surface area (Å²) in [6.45, 7) is 2.22. The minimum Gasteiger partial charge on any atom is -0.469 e. The second-order valence-corrected chi connectivity index (χ2v) is 6.67. The first-order chi connectivity index (χ1) is 8.46. The van der Waals surface area contributed by atoms with Crippen molar-refractivity contribution in [3.05, 3.63) is 0 Å². The fraction of sp³-hybridized carbons (Fsp3) is 0.857. The van der Waals surface area contributed by atoms with Crippen LogP contribution in [0.5, 0.6) is 0 Å². The molecule has 0 aromatic heterocycles. The molecule has 3 fully saturated rings. The summed E-state index contributed by atoms with van der Waals surface area (Å²) in [5.74, 6) is -0.366. The third-order valence-electron chi connectivity index (χ3n) is 5.07.